The molecule has 0 radical (unpaired) electrons. The zero-order chi connectivity index (χ0) is 12.4. The standard InChI is InChI=1S/C13H12FN3O/c14-11-1-2-12-13(5-11)18-4-3-17(12)8-10-6-15-9-16-7-10/h1-2,5-7,9H,3-4,8H2. The maximum Gasteiger partial charge on any atom is 0.145 e. The average molecular weight is 245 g/mol. The Kier molecular flexibility index (Phi) is 2.80. The largest absolute Gasteiger partial charge is 0.489 e. The van der Waals surface area contributed by atoms with Gasteiger partial charge in [0.05, 0.1) is 12.2 Å². The molecule has 0 aliphatic carbocycles. The lowest BCUT2D eigenvalue weighted by Crippen LogP contribution is -2.32. The number of fused-ring (bicyclic) bond motifs is 1. The Morgan fingerprint density at radius 2 is 2.11 bits per heavy atom. The molecule has 1 aliphatic heterocycles. The van der Waals surface area contributed by atoms with Crippen LogP contribution < -0.4 is 9.64 Å². The number of nitrogens with zero attached hydrogens (tertiary/aromatic N) is 3. The first-order chi connectivity index (χ1) is 8.83. The summed E-state index contributed by atoms with van der Waals surface area (Å²) in [6.07, 6.45) is 5.07. The molecule has 1 aliphatic rings. The van der Waals surface area contributed by atoms with Crippen molar-refractivity contribution in [2.24, 2.45) is 0 Å². The summed E-state index contributed by atoms with van der Waals surface area (Å²) in [6.45, 7) is 2.03. The minimum absolute atomic E-state index is 0.279. The quantitative estimate of drug-likeness (QED) is 0.811. The lowest BCUT2D eigenvalue weighted by Gasteiger charge is -2.31. The van der Waals surface area contributed by atoms with Crippen LogP contribution in [0.5, 0.6) is 5.75 Å². The molecule has 0 fully saturated rings. The smallest absolute Gasteiger partial charge is 0.145 e. The third-order valence-corrected chi connectivity index (χ3v) is 2.87. The Bertz CT molecular complexity index is 547. The van der Waals surface area contributed by atoms with E-state index < -0.39 is 0 Å². The zero-order valence-electron chi connectivity index (χ0n) is 9.71. The van der Waals surface area contributed by atoms with Crippen LogP contribution in [-0.2, 0) is 6.54 Å². The van der Waals surface area contributed by atoms with Gasteiger partial charge in [-0.1, -0.05) is 0 Å². The molecular formula is C13H12FN3O. The van der Waals surface area contributed by atoms with E-state index in [1.165, 1.54) is 18.5 Å². The van der Waals surface area contributed by atoms with Crippen LogP contribution in [0.2, 0.25) is 0 Å². The molecule has 0 atom stereocenters. The van der Waals surface area contributed by atoms with Crippen LogP contribution in [0.15, 0.2) is 36.9 Å². The predicted octanol–water partition coefficient (Wildman–Crippen LogP) is 2.01. The summed E-state index contributed by atoms with van der Waals surface area (Å²) in [5.74, 6) is 0.316. The molecular weight excluding hydrogens is 233 g/mol. The first-order valence-corrected chi connectivity index (χ1v) is 5.74. The Labute approximate surface area is 104 Å². The van der Waals surface area contributed by atoms with Gasteiger partial charge in [0.1, 0.15) is 24.5 Å². The molecule has 92 valence electrons. The average Bonchev–Trinajstić information content (AvgIpc) is 2.40. The summed E-state index contributed by atoms with van der Waals surface area (Å²) in [6, 6.07) is 4.61. The van der Waals surface area contributed by atoms with Crippen molar-refractivity contribution in [1.29, 1.82) is 0 Å². The third kappa shape index (κ3) is 2.11. The molecule has 4 nitrogen and oxygen atoms in total. The molecule has 2 heterocycles. The van der Waals surface area contributed by atoms with Crippen molar-refractivity contribution in [2.45, 2.75) is 6.54 Å². The fraction of sp³-hybridized carbons (Fsp3) is 0.231. The zero-order valence-corrected chi connectivity index (χ0v) is 9.71. The van der Waals surface area contributed by atoms with E-state index in [9.17, 15) is 4.39 Å². The molecule has 0 spiro atoms. The normalized spacial score (nSPS) is 13.9. The molecule has 0 bridgehead atoms. The molecule has 1 aromatic heterocycles. The topological polar surface area (TPSA) is 38.2 Å². The molecule has 0 amide bonds. The summed E-state index contributed by atoms with van der Waals surface area (Å²) in [5, 5.41) is 0. The van der Waals surface area contributed by atoms with Crippen molar-refractivity contribution in [2.75, 3.05) is 18.1 Å². The van der Waals surface area contributed by atoms with Gasteiger partial charge in [0.25, 0.3) is 0 Å². The van der Waals surface area contributed by atoms with Crippen molar-refractivity contribution in [1.82, 2.24) is 9.97 Å². The minimum Gasteiger partial charge on any atom is -0.489 e. The fourth-order valence-corrected chi connectivity index (χ4v) is 2.05. The monoisotopic (exact) mass is 245 g/mol. The van der Waals surface area contributed by atoms with Crippen molar-refractivity contribution in [3.05, 3.63) is 48.3 Å². The molecule has 5 heteroatoms. The van der Waals surface area contributed by atoms with Crippen LogP contribution in [0.3, 0.4) is 0 Å². The van der Waals surface area contributed by atoms with E-state index in [4.69, 9.17) is 4.74 Å². The van der Waals surface area contributed by atoms with Crippen molar-refractivity contribution in [3.8, 4) is 5.75 Å². The number of rotatable bonds is 2. The maximum atomic E-state index is 13.1. The van der Waals surface area contributed by atoms with Crippen molar-refractivity contribution in [3.63, 3.8) is 0 Å². The second-order valence-corrected chi connectivity index (χ2v) is 4.13. The van der Waals surface area contributed by atoms with E-state index in [2.05, 4.69) is 14.9 Å². The lowest BCUT2D eigenvalue weighted by atomic mass is 10.2. The summed E-state index contributed by atoms with van der Waals surface area (Å²) < 4.78 is 18.6. The summed E-state index contributed by atoms with van der Waals surface area (Å²) in [7, 11) is 0. The minimum atomic E-state index is -0.279. The Balaban J connectivity index is 1.87. The summed E-state index contributed by atoms with van der Waals surface area (Å²) in [4.78, 5) is 10.1. The molecule has 0 saturated heterocycles. The van der Waals surface area contributed by atoms with Gasteiger partial charge in [-0.25, -0.2) is 14.4 Å². The second-order valence-electron chi connectivity index (χ2n) is 4.13. The number of anilines is 1. The number of hydrogen-bond donors (Lipinski definition) is 0. The summed E-state index contributed by atoms with van der Waals surface area (Å²) in [5.41, 5.74) is 1.93. The van der Waals surface area contributed by atoms with Gasteiger partial charge >= 0.3 is 0 Å². The van der Waals surface area contributed by atoms with Gasteiger partial charge in [-0.2, -0.15) is 0 Å². The molecule has 1 aromatic carbocycles. The predicted molar refractivity (Wildman–Crippen MR) is 65.0 cm³/mol. The van der Waals surface area contributed by atoms with Crippen LogP contribution in [0, 0.1) is 5.82 Å². The highest BCUT2D eigenvalue weighted by Gasteiger charge is 2.18. The highest BCUT2D eigenvalue weighted by atomic mass is 19.1. The van der Waals surface area contributed by atoms with Gasteiger partial charge < -0.3 is 9.64 Å². The first kappa shape index (κ1) is 11.0. The Morgan fingerprint density at radius 1 is 1.28 bits per heavy atom. The van der Waals surface area contributed by atoms with E-state index in [0.717, 1.165) is 17.8 Å². The van der Waals surface area contributed by atoms with Gasteiger partial charge in [0, 0.05) is 30.6 Å². The van der Waals surface area contributed by atoms with Gasteiger partial charge in [-0.3, -0.25) is 0 Å². The number of aromatic nitrogens is 2. The molecule has 0 saturated carbocycles. The van der Waals surface area contributed by atoms with Gasteiger partial charge in [0.15, 0.2) is 0 Å². The highest BCUT2D eigenvalue weighted by Crippen LogP contribution is 2.32. The summed E-state index contributed by atoms with van der Waals surface area (Å²) >= 11 is 0. The van der Waals surface area contributed by atoms with Crippen molar-refractivity contribution >= 4 is 5.69 Å². The van der Waals surface area contributed by atoms with Crippen LogP contribution in [0.25, 0.3) is 0 Å². The van der Waals surface area contributed by atoms with E-state index >= 15 is 0 Å². The third-order valence-electron chi connectivity index (χ3n) is 2.87. The van der Waals surface area contributed by atoms with Gasteiger partial charge in [-0.05, 0) is 12.1 Å². The van der Waals surface area contributed by atoms with Gasteiger partial charge in [0.2, 0.25) is 0 Å². The second kappa shape index (κ2) is 4.60. The Hall–Kier alpha value is -2.17. The van der Waals surface area contributed by atoms with Crippen LogP contribution >= 0.6 is 0 Å². The van der Waals surface area contributed by atoms with E-state index in [-0.39, 0.29) is 5.82 Å². The molecule has 0 unspecified atom stereocenters. The van der Waals surface area contributed by atoms with Crippen LogP contribution in [0.1, 0.15) is 5.56 Å². The molecule has 2 aromatic rings. The van der Waals surface area contributed by atoms with Crippen LogP contribution in [-0.4, -0.2) is 23.1 Å². The van der Waals surface area contributed by atoms with Crippen LogP contribution in [0.4, 0.5) is 10.1 Å². The highest BCUT2D eigenvalue weighted by molar-refractivity contribution is 5.60. The molecule has 3 rings (SSSR count). The van der Waals surface area contributed by atoms with Gasteiger partial charge in [-0.15, -0.1) is 0 Å². The lowest BCUT2D eigenvalue weighted by molar-refractivity contribution is 0.305. The number of benzene rings is 1. The molecule has 18 heavy (non-hydrogen) atoms. The first-order valence-electron chi connectivity index (χ1n) is 5.74. The number of hydrogen-bond acceptors (Lipinski definition) is 4. The van der Waals surface area contributed by atoms with E-state index in [1.807, 2.05) is 0 Å². The Morgan fingerprint density at radius 3 is 2.94 bits per heavy atom. The molecule has 0 N–H and O–H groups in total. The number of ether oxygens (including phenoxy) is 1. The van der Waals surface area contributed by atoms with E-state index in [0.29, 0.717) is 18.9 Å². The van der Waals surface area contributed by atoms with E-state index in [1.54, 1.807) is 18.5 Å². The maximum absolute atomic E-state index is 13.1. The number of halogens is 1. The van der Waals surface area contributed by atoms with Crippen molar-refractivity contribution < 1.29 is 9.13 Å². The fourth-order valence-electron chi connectivity index (χ4n) is 2.05. The SMILES string of the molecule is Fc1ccc2c(c1)OCCN2Cc1cncnc1.